The summed E-state index contributed by atoms with van der Waals surface area (Å²) in [5.41, 5.74) is 8.86. The van der Waals surface area contributed by atoms with Crippen LogP contribution in [0.3, 0.4) is 0 Å². The second-order valence-corrected chi connectivity index (χ2v) is 19.6. The Kier molecular flexibility index (Phi) is 7.79. The minimum atomic E-state index is -1.34. The van der Waals surface area contributed by atoms with Crippen molar-refractivity contribution in [2.45, 2.75) is 84.5 Å². The summed E-state index contributed by atoms with van der Waals surface area (Å²) in [4.78, 5) is 7.01. The lowest BCUT2D eigenvalue weighted by Gasteiger charge is -2.27. The molecule has 2 aromatic carbocycles. The molecule has 0 amide bonds. The fraction of sp³-hybridized carbons (Fsp3) is 0.394. The van der Waals surface area contributed by atoms with E-state index in [4.69, 9.17) is 0 Å². The van der Waals surface area contributed by atoms with Crippen molar-refractivity contribution in [2.75, 3.05) is 0 Å². The molecule has 3 N–H and O–H groups in total. The third kappa shape index (κ3) is 6.44. The Balaban J connectivity index is 1.62. The summed E-state index contributed by atoms with van der Waals surface area (Å²) in [6.45, 7) is 20.5. The van der Waals surface area contributed by atoms with Crippen LogP contribution in [-0.4, -0.2) is 23.1 Å². The fourth-order valence-electron chi connectivity index (χ4n) is 4.78. The van der Waals surface area contributed by atoms with Crippen molar-refractivity contribution in [1.29, 1.82) is 0 Å². The predicted octanol–water partition coefficient (Wildman–Crippen LogP) is 8.59. The molecule has 5 heteroatoms. The van der Waals surface area contributed by atoms with E-state index in [9.17, 15) is 5.11 Å². The monoisotopic (exact) mass is 590 g/mol. The summed E-state index contributed by atoms with van der Waals surface area (Å²) < 4.78 is 0.970. The van der Waals surface area contributed by atoms with Gasteiger partial charge in [-0.25, -0.2) is 0 Å². The summed E-state index contributed by atoms with van der Waals surface area (Å²) >= 11 is 3.65. The van der Waals surface area contributed by atoms with Crippen molar-refractivity contribution in [2.24, 2.45) is 0 Å². The molecule has 0 saturated carbocycles. The maximum Gasteiger partial charge on any atom is 0.119 e. The van der Waals surface area contributed by atoms with Crippen LogP contribution in [0.1, 0.15) is 81.4 Å². The van der Waals surface area contributed by atoms with Crippen molar-refractivity contribution >= 4 is 29.2 Å². The van der Waals surface area contributed by atoms with Crippen LogP contribution >= 0.6 is 15.9 Å². The fourth-order valence-corrected chi connectivity index (χ4v) is 6.41. The molecule has 4 aromatic rings. The van der Waals surface area contributed by atoms with Crippen molar-refractivity contribution in [3.05, 3.63) is 99.0 Å². The van der Waals surface area contributed by atoms with E-state index >= 15 is 0 Å². The van der Waals surface area contributed by atoms with Gasteiger partial charge in [-0.15, -0.1) is 0 Å². The van der Waals surface area contributed by atoms with E-state index < -0.39 is 14.2 Å². The van der Waals surface area contributed by atoms with Crippen molar-refractivity contribution < 1.29 is 5.11 Å². The molecule has 0 radical (unpaired) electrons. The maximum atomic E-state index is 11.4. The first-order valence-corrected chi connectivity index (χ1v) is 17.8. The van der Waals surface area contributed by atoms with Crippen molar-refractivity contribution in [3.63, 3.8) is 0 Å². The molecule has 0 aliphatic rings. The highest BCUT2D eigenvalue weighted by molar-refractivity contribution is 9.10. The van der Waals surface area contributed by atoms with Crippen LogP contribution in [-0.2, 0) is 17.3 Å². The van der Waals surface area contributed by atoms with Gasteiger partial charge in [-0.05, 0) is 67.2 Å². The van der Waals surface area contributed by atoms with E-state index in [1.807, 2.05) is 6.07 Å². The highest BCUT2D eigenvalue weighted by Gasteiger charge is 2.24. The molecule has 2 aromatic heterocycles. The first-order chi connectivity index (χ1) is 17.5. The first-order valence-electron chi connectivity index (χ1n) is 13.5. The lowest BCUT2D eigenvalue weighted by atomic mass is 9.79. The second kappa shape index (κ2) is 10.3. The minimum Gasteiger partial charge on any atom is -0.382 e. The van der Waals surface area contributed by atoms with Crippen LogP contribution in [0.2, 0.25) is 19.6 Å². The van der Waals surface area contributed by atoms with E-state index in [2.05, 4.69) is 142 Å². The Hall–Kier alpha value is -2.34. The van der Waals surface area contributed by atoms with Gasteiger partial charge in [0.1, 0.15) is 6.10 Å². The number of nitrogens with one attached hydrogen (secondary N) is 2. The van der Waals surface area contributed by atoms with Gasteiger partial charge in [0.25, 0.3) is 0 Å². The molecule has 202 valence electrons. The van der Waals surface area contributed by atoms with Crippen molar-refractivity contribution in [1.82, 2.24) is 9.97 Å². The van der Waals surface area contributed by atoms with Gasteiger partial charge in [0.15, 0.2) is 0 Å². The van der Waals surface area contributed by atoms with Gasteiger partial charge in [0.2, 0.25) is 0 Å². The molecular formula is C33H43BrN2OSi. The Morgan fingerprint density at radius 3 is 1.89 bits per heavy atom. The summed E-state index contributed by atoms with van der Waals surface area (Å²) in [7, 11) is -1.34. The van der Waals surface area contributed by atoms with E-state index in [1.165, 1.54) is 27.4 Å². The minimum absolute atomic E-state index is 0.00129. The third-order valence-electron chi connectivity index (χ3n) is 7.36. The average molecular weight is 592 g/mol. The van der Waals surface area contributed by atoms with Gasteiger partial charge in [-0.3, -0.25) is 0 Å². The van der Waals surface area contributed by atoms with Crippen molar-refractivity contribution in [3.8, 4) is 11.1 Å². The van der Waals surface area contributed by atoms with Gasteiger partial charge in [-0.1, -0.05) is 109 Å². The lowest BCUT2D eigenvalue weighted by molar-refractivity contribution is 0.215. The number of rotatable bonds is 6. The zero-order chi connectivity index (χ0) is 28.0. The van der Waals surface area contributed by atoms with E-state index in [0.29, 0.717) is 0 Å². The highest BCUT2D eigenvalue weighted by Crippen LogP contribution is 2.34. The molecule has 0 spiro atoms. The summed E-state index contributed by atoms with van der Waals surface area (Å²) in [5.74, 6) is 0. The Labute approximate surface area is 238 Å². The molecule has 0 saturated heterocycles. The van der Waals surface area contributed by atoms with Gasteiger partial charge >= 0.3 is 0 Å². The number of aliphatic hydroxyl groups excluding tert-OH is 1. The molecule has 1 atom stereocenters. The molecule has 4 rings (SSSR count). The standard InChI is InChI=1S/C33H43BrN2OSi/c1-32(2,3)23-16-22(17-24(18-23)33(4,5)6)31(37)28-15-12-25(35-28)19-29-27(20-30(34)36-29)21-10-13-26(14-11-21)38(7,8)9/h10-18,20,31,35-37H,19H2,1-9H3. The Bertz CT molecular complexity index is 1380. The number of aliphatic hydroxyl groups is 1. The van der Waals surface area contributed by atoms with Gasteiger partial charge in [-0.2, -0.15) is 0 Å². The zero-order valence-corrected chi connectivity index (χ0v) is 27.0. The summed E-state index contributed by atoms with van der Waals surface area (Å²) in [5, 5.41) is 12.9. The van der Waals surface area contributed by atoms with Crippen LogP contribution in [0.5, 0.6) is 0 Å². The number of aromatic amines is 2. The van der Waals surface area contributed by atoms with E-state index in [0.717, 1.165) is 33.7 Å². The van der Waals surface area contributed by atoms with Gasteiger partial charge in [0.05, 0.1) is 12.7 Å². The molecule has 1 unspecified atom stereocenters. The Morgan fingerprint density at radius 2 is 1.37 bits per heavy atom. The van der Waals surface area contributed by atoms with Gasteiger partial charge in [0, 0.05) is 29.1 Å². The number of benzene rings is 2. The number of H-pyrrole nitrogens is 2. The first kappa shape index (κ1) is 28.7. The molecule has 0 fully saturated rings. The van der Waals surface area contributed by atoms with Crippen LogP contribution < -0.4 is 5.19 Å². The summed E-state index contributed by atoms with van der Waals surface area (Å²) in [6, 6.07) is 21.9. The van der Waals surface area contributed by atoms with E-state index in [-0.39, 0.29) is 10.8 Å². The second-order valence-electron chi connectivity index (χ2n) is 13.7. The molecule has 38 heavy (non-hydrogen) atoms. The molecule has 0 aliphatic carbocycles. The third-order valence-corrected chi connectivity index (χ3v) is 9.85. The van der Waals surface area contributed by atoms with Crippen LogP contribution in [0.15, 0.2) is 65.3 Å². The van der Waals surface area contributed by atoms with Crippen LogP contribution in [0, 0.1) is 0 Å². The number of hydrogen-bond acceptors (Lipinski definition) is 1. The Morgan fingerprint density at radius 1 is 0.789 bits per heavy atom. The maximum absolute atomic E-state index is 11.4. The van der Waals surface area contributed by atoms with Crippen LogP contribution in [0.4, 0.5) is 0 Å². The topological polar surface area (TPSA) is 51.8 Å². The molecule has 0 aliphatic heterocycles. The smallest absolute Gasteiger partial charge is 0.119 e. The van der Waals surface area contributed by atoms with Gasteiger partial charge < -0.3 is 15.1 Å². The lowest BCUT2D eigenvalue weighted by Crippen LogP contribution is -2.37. The molecule has 3 nitrogen and oxygen atoms in total. The highest BCUT2D eigenvalue weighted by atomic mass is 79.9. The largest absolute Gasteiger partial charge is 0.382 e. The average Bonchev–Trinajstić information content (AvgIpc) is 3.43. The normalized spacial score (nSPS) is 13.7. The van der Waals surface area contributed by atoms with E-state index in [1.54, 1.807) is 0 Å². The predicted molar refractivity (Wildman–Crippen MR) is 168 cm³/mol. The zero-order valence-electron chi connectivity index (χ0n) is 24.4. The SMILES string of the molecule is CC(C)(C)c1cc(C(O)c2ccc(Cc3[nH]c(Br)cc3-c3ccc([Si](C)(C)C)cc3)[nH]2)cc(C(C)(C)C)c1. The molecule has 0 bridgehead atoms. The summed E-state index contributed by atoms with van der Waals surface area (Å²) in [6.07, 6.45) is 0.00899. The van der Waals surface area contributed by atoms with Crippen LogP contribution in [0.25, 0.3) is 11.1 Å². The number of aromatic nitrogens is 2. The number of hydrogen-bond donors (Lipinski definition) is 3. The number of halogens is 1. The molecule has 2 heterocycles. The quantitative estimate of drug-likeness (QED) is 0.193. The molecular weight excluding hydrogens is 548 g/mol.